The van der Waals surface area contributed by atoms with E-state index in [1.807, 2.05) is 35.4 Å². The molecule has 0 atom stereocenters. The van der Waals surface area contributed by atoms with Crippen LogP contribution in [0.3, 0.4) is 0 Å². The number of amides is 3. The van der Waals surface area contributed by atoms with Gasteiger partial charge in [-0.25, -0.2) is 9.78 Å². The van der Waals surface area contributed by atoms with Crippen LogP contribution in [0, 0.1) is 0 Å². The van der Waals surface area contributed by atoms with Gasteiger partial charge < -0.3 is 20.4 Å². The molecule has 8 heteroatoms. The molecule has 0 saturated carbocycles. The molecule has 2 N–H and O–H groups in total. The summed E-state index contributed by atoms with van der Waals surface area (Å²) in [6.45, 7) is 6.08. The summed E-state index contributed by atoms with van der Waals surface area (Å²) in [4.78, 5) is 33.8. The predicted molar refractivity (Wildman–Crippen MR) is 125 cm³/mol. The number of likely N-dealkylation sites (tertiary alicyclic amines) is 1. The highest BCUT2D eigenvalue weighted by atomic mass is 32.1. The molecule has 3 amide bonds. The fraction of sp³-hybridized carbons (Fsp3) is 0.522. The van der Waals surface area contributed by atoms with Crippen LogP contribution in [0.25, 0.3) is 0 Å². The number of urea groups is 1. The van der Waals surface area contributed by atoms with Crippen molar-refractivity contribution in [2.24, 2.45) is 0 Å². The molecule has 2 aromatic rings. The zero-order valence-electron chi connectivity index (χ0n) is 18.1. The summed E-state index contributed by atoms with van der Waals surface area (Å²) in [6, 6.07) is 8.03. The lowest BCUT2D eigenvalue weighted by molar-refractivity contribution is 0.102. The van der Waals surface area contributed by atoms with E-state index < -0.39 is 0 Å². The number of benzene rings is 1. The number of rotatable bonds is 5. The van der Waals surface area contributed by atoms with E-state index in [0.717, 1.165) is 55.4 Å². The second-order valence-corrected chi connectivity index (χ2v) is 9.08. The number of piperidine rings is 2. The SMILES string of the molecule is CCNC(=O)N1CCC(c2nc(C(=O)Nc3ccccc3N3CCCCC3)cs2)CC1. The Morgan fingerprint density at radius 2 is 1.84 bits per heavy atom. The number of nitrogens with zero attached hydrogens (tertiary/aromatic N) is 3. The van der Waals surface area contributed by atoms with Gasteiger partial charge in [-0.15, -0.1) is 11.3 Å². The summed E-state index contributed by atoms with van der Waals surface area (Å²) < 4.78 is 0. The van der Waals surface area contributed by atoms with E-state index in [1.54, 1.807) is 11.3 Å². The molecular formula is C23H31N5O2S. The number of anilines is 2. The van der Waals surface area contributed by atoms with Crippen molar-refractivity contribution in [2.45, 2.75) is 44.9 Å². The van der Waals surface area contributed by atoms with Gasteiger partial charge in [0.15, 0.2) is 0 Å². The van der Waals surface area contributed by atoms with Crippen molar-refractivity contribution in [2.75, 3.05) is 42.9 Å². The molecule has 0 bridgehead atoms. The lowest BCUT2D eigenvalue weighted by Gasteiger charge is -2.31. The summed E-state index contributed by atoms with van der Waals surface area (Å²) in [5, 5.41) is 8.78. The minimum Gasteiger partial charge on any atom is -0.370 e. The summed E-state index contributed by atoms with van der Waals surface area (Å²) in [7, 11) is 0. The number of hydrogen-bond donors (Lipinski definition) is 2. The Kier molecular flexibility index (Phi) is 7.06. The van der Waals surface area contributed by atoms with E-state index in [9.17, 15) is 9.59 Å². The van der Waals surface area contributed by atoms with Crippen LogP contribution in [0.4, 0.5) is 16.2 Å². The molecule has 1 aromatic heterocycles. The summed E-state index contributed by atoms with van der Waals surface area (Å²) in [5.74, 6) is 0.143. The molecule has 2 fully saturated rings. The Morgan fingerprint density at radius 1 is 1.10 bits per heavy atom. The number of para-hydroxylation sites is 2. The molecule has 3 heterocycles. The molecule has 31 heavy (non-hydrogen) atoms. The van der Waals surface area contributed by atoms with Gasteiger partial charge in [0.25, 0.3) is 5.91 Å². The van der Waals surface area contributed by atoms with Gasteiger partial charge in [0.05, 0.1) is 16.4 Å². The lowest BCUT2D eigenvalue weighted by atomic mass is 9.98. The zero-order valence-corrected chi connectivity index (χ0v) is 18.9. The second-order valence-electron chi connectivity index (χ2n) is 8.19. The average molecular weight is 442 g/mol. The number of thiazole rings is 1. The number of aromatic nitrogens is 1. The molecule has 0 spiro atoms. The third-order valence-corrected chi connectivity index (χ3v) is 7.07. The van der Waals surface area contributed by atoms with Crippen molar-refractivity contribution >= 4 is 34.6 Å². The van der Waals surface area contributed by atoms with E-state index >= 15 is 0 Å². The molecule has 0 unspecified atom stereocenters. The van der Waals surface area contributed by atoms with Gasteiger partial charge >= 0.3 is 6.03 Å². The normalized spacial score (nSPS) is 17.5. The van der Waals surface area contributed by atoms with Crippen LogP contribution in [0.1, 0.15) is 60.4 Å². The van der Waals surface area contributed by atoms with Crippen molar-refractivity contribution in [1.82, 2.24) is 15.2 Å². The Labute approximate surface area is 187 Å². The molecule has 2 saturated heterocycles. The number of nitrogens with one attached hydrogen (secondary N) is 2. The van der Waals surface area contributed by atoms with Crippen LogP contribution in [-0.4, -0.2) is 54.5 Å². The van der Waals surface area contributed by atoms with Gasteiger partial charge in [-0.05, 0) is 51.2 Å². The van der Waals surface area contributed by atoms with Gasteiger partial charge in [-0.3, -0.25) is 4.79 Å². The first kappa shape index (κ1) is 21.6. The maximum Gasteiger partial charge on any atom is 0.317 e. The first-order valence-electron chi connectivity index (χ1n) is 11.3. The third kappa shape index (κ3) is 5.18. The average Bonchev–Trinajstić information content (AvgIpc) is 3.31. The van der Waals surface area contributed by atoms with Crippen LogP contribution in [0.15, 0.2) is 29.6 Å². The first-order chi connectivity index (χ1) is 15.2. The Morgan fingerprint density at radius 3 is 2.58 bits per heavy atom. The van der Waals surface area contributed by atoms with Gasteiger partial charge in [-0.1, -0.05) is 12.1 Å². The summed E-state index contributed by atoms with van der Waals surface area (Å²) >= 11 is 1.55. The van der Waals surface area contributed by atoms with Crippen molar-refractivity contribution in [3.63, 3.8) is 0 Å². The smallest absolute Gasteiger partial charge is 0.317 e. The van der Waals surface area contributed by atoms with Gasteiger partial charge in [0.1, 0.15) is 5.69 Å². The van der Waals surface area contributed by atoms with Crippen molar-refractivity contribution < 1.29 is 9.59 Å². The van der Waals surface area contributed by atoms with E-state index in [4.69, 9.17) is 0 Å². The minimum atomic E-state index is -0.160. The summed E-state index contributed by atoms with van der Waals surface area (Å²) in [6.07, 6.45) is 5.41. The monoisotopic (exact) mass is 441 g/mol. The fourth-order valence-electron chi connectivity index (χ4n) is 4.35. The highest BCUT2D eigenvalue weighted by Crippen LogP contribution is 2.32. The minimum absolute atomic E-state index is 0.00697. The third-order valence-electron chi connectivity index (χ3n) is 6.06. The maximum atomic E-state index is 12.9. The van der Waals surface area contributed by atoms with Crippen LogP contribution in [-0.2, 0) is 0 Å². The van der Waals surface area contributed by atoms with E-state index in [-0.39, 0.29) is 11.9 Å². The van der Waals surface area contributed by atoms with Crippen LogP contribution in [0.5, 0.6) is 0 Å². The van der Waals surface area contributed by atoms with Crippen molar-refractivity contribution in [3.8, 4) is 0 Å². The maximum absolute atomic E-state index is 12.9. The van der Waals surface area contributed by atoms with Crippen LogP contribution < -0.4 is 15.5 Å². The molecule has 7 nitrogen and oxygen atoms in total. The Hall–Kier alpha value is -2.61. The van der Waals surface area contributed by atoms with Gasteiger partial charge in [-0.2, -0.15) is 0 Å². The number of carbonyl (C=O) groups excluding carboxylic acids is 2. The van der Waals surface area contributed by atoms with Crippen molar-refractivity contribution in [1.29, 1.82) is 0 Å². The standard InChI is InChI=1S/C23H31N5O2S/c1-2-24-23(30)28-14-10-17(11-15-28)22-26-19(16-31-22)21(29)25-18-8-4-5-9-20(18)27-12-6-3-7-13-27/h4-5,8-9,16-17H,2-3,6-7,10-15H2,1H3,(H,24,30)(H,25,29). The fourth-order valence-corrected chi connectivity index (χ4v) is 5.32. The first-order valence-corrected chi connectivity index (χ1v) is 12.2. The highest BCUT2D eigenvalue weighted by Gasteiger charge is 2.26. The molecular weight excluding hydrogens is 410 g/mol. The number of hydrogen-bond acceptors (Lipinski definition) is 5. The summed E-state index contributed by atoms with van der Waals surface area (Å²) in [5.41, 5.74) is 2.41. The quantitative estimate of drug-likeness (QED) is 0.725. The topological polar surface area (TPSA) is 77.6 Å². The molecule has 166 valence electrons. The largest absolute Gasteiger partial charge is 0.370 e. The zero-order chi connectivity index (χ0) is 21.6. The van der Waals surface area contributed by atoms with Crippen LogP contribution in [0.2, 0.25) is 0 Å². The Bertz CT molecular complexity index is 901. The van der Waals surface area contributed by atoms with Gasteiger partial charge in [0.2, 0.25) is 0 Å². The molecule has 1 aromatic carbocycles. The van der Waals surface area contributed by atoms with Crippen LogP contribution >= 0.6 is 11.3 Å². The lowest BCUT2D eigenvalue weighted by Crippen LogP contribution is -2.44. The second kappa shape index (κ2) is 10.1. The highest BCUT2D eigenvalue weighted by molar-refractivity contribution is 7.10. The predicted octanol–water partition coefficient (Wildman–Crippen LogP) is 4.29. The molecule has 4 rings (SSSR count). The Balaban J connectivity index is 1.38. The number of carbonyl (C=O) groups is 2. The van der Waals surface area contributed by atoms with Gasteiger partial charge in [0, 0.05) is 44.0 Å². The van der Waals surface area contributed by atoms with E-state index in [1.165, 1.54) is 19.3 Å². The van der Waals surface area contributed by atoms with Crippen molar-refractivity contribution in [3.05, 3.63) is 40.3 Å². The van der Waals surface area contributed by atoms with E-state index in [2.05, 4.69) is 26.6 Å². The molecule has 2 aliphatic rings. The molecule has 0 radical (unpaired) electrons. The molecule has 0 aliphatic carbocycles. The van der Waals surface area contributed by atoms with E-state index in [0.29, 0.717) is 18.2 Å². The molecule has 2 aliphatic heterocycles.